The number of aliphatic hydroxyl groups excluding tert-OH is 1. The molecule has 0 aliphatic heterocycles. The van der Waals surface area contributed by atoms with Crippen LogP contribution in [0.3, 0.4) is 0 Å². The Labute approximate surface area is 95.5 Å². The normalized spacial score (nSPS) is 19.2. The number of anilines is 1. The van der Waals surface area contributed by atoms with Gasteiger partial charge < -0.3 is 10.4 Å². The second-order valence-corrected chi connectivity index (χ2v) is 5.00. The predicted octanol–water partition coefficient (Wildman–Crippen LogP) is 2.79. The van der Waals surface area contributed by atoms with Gasteiger partial charge in [0.25, 0.3) is 0 Å². The first-order valence-electron chi connectivity index (χ1n) is 5.76. The van der Waals surface area contributed by atoms with E-state index in [1.54, 1.807) is 12.1 Å². The number of hydrogen-bond acceptors (Lipinski definition) is 2. The van der Waals surface area contributed by atoms with E-state index >= 15 is 0 Å². The molecule has 0 saturated heterocycles. The van der Waals surface area contributed by atoms with Gasteiger partial charge in [0.05, 0.1) is 12.1 Å². The molecule has 1 fully saturated rings. The first-order chi connectivity index (χ1) is 7.61. The van der Waals surface area contributed by atoms with E-state index in [0.717, 1.165) is 18.0 Å². The topological polar surface area (TPSA) is 32.3 Å². The molecule has 1 unspecified atom stereocenters. The van der Waals surface area contributed by atoms with Gasteiger partial charge in [-0.25, -0.2) is 4.39 Å². The van der Waals surface area contributed by atoms with Crippen molar-refractivity contribution in [2.24, 2.45) is 5.92 Å². The highest BCUT2D eigenvalue weighted by Gasteiger charge is 2.32. The molecule has 2 rings (SSSR count). The lowest BCUT2D eigenvalue weighted by Crippen LogP contribution is -2.39. The summed E-state index contributed by atoms with van der Waals surface area (Å²) in [6.45, 7) is 2.11. The molecule has 0 radical (unpaired) electrons. The second kappa shape index (κ2) is 4.42. The molecule has 1 aliphatic carbocycles. The lowest BCUT2D eigenvalue weighted by atomic mass is 9.95. The van der Waals surface area contributed by atoms with Gasteiger partial charge in [0, 0.05) is 5.69 Å². The first kappa shape index (κ1) is 11.4. The van der Waals surface area contributed by atoms with E-state index in [1.807, 2.05) is 6.92 Å². The van der Waals surface area contributed by atoms with Crippen LogP contribution in [0.1, 0.15) is 26.2 Å². The molecule has 2 nitrogen and oxygen atoms in total. The van der Waals surface area contributed by atoms with Gasteiger partial charge in [-0.15, -0.1) is 0 Å². The lowest BCUT2D eigenvalue weighted by molar-refractivity contribution is 0.209. The summed E-state index contributed by atoms with van der Waals surface area (Å²) in [5.41, 5.74) is 0.567. The van der Waals surface area contributed by atoms with Gasteiger partial charge in [-0.3, -0.25) is 0 Å². The summed E-state index contributed by atoms with van der Waals surface area (Å²) >= 11 is 0. The SMILES string of the molecule is CC(CO)(CC1CC1)Nc1ccc(F)cc1. The Kier molecular flexibility index (Phi) is 3.15. The summed E-state index contributed by atoms with van der Waals surface area (Å²) in [6, 6.07) is 6.26. The quantitative estimate of drug-likeness (QED) is 0.804. The van der Waals surface area contributed by atoms with Crippen molar-refractivity contribution in [3.63, 3.8) is 0 Å². The van der Waals surface area contributed by atoms with Crippen LogP contribution in [0.2, 0.25) is 0 Å². The lowest BCUT2D eigenvalue weighted by Gasteiger charge is -2.30. The maximum atomic E-state index is 12.7. The van der Waals surface area contributed by atoms with Crippen molar-refractivity contribution in [1.82, 2.24) is 0 Å². The van der Waals surface area contributed by atoms with Crippen LogP contribution in [0.25, 0.3) is 0 Å². The summed E-state index contributed by atoms with van der Waals surface area (Å²) in [6.07, 6.45) is 3.50. The standard InChI is InChI=1S/C13H18FNO/c1-13(9-16,8-10-2-3-10)15-12-6-4-11(14)5-7-12/h4-7,10,15-16H,2-3,8-9H2,1H3. The molecule has 2 N–H and O–H groups in total. The molecule has 0 bridgehead atoms. The van der Waals surface area contributed by atoms with E-state index in [-0.39, 0.29) is 18.0 Å². The second-order valence-electron chi connectivity index (χ2n) is 5.00. The maximum Gasteiger partial charge on any atom is 0.123 e. The van der Waals surface area contributed by atoms with Crippen LogP contribution in [-0.2, 0) is 0 Å². The number of rotatable bonds is 5. The van der Waals surface area contributed by atoms with E-state index in [9.17, 15) is 9.50 Å². The number of halogens is 1. The van der Waals surface area contributed by atoms with E-state index in [1.165, 1.54) is 25.0 Å². The smallest absolute Gasteiger partial charge is 0.123 e. The molecule has 1 aliphatic rings. The van der Waals surface area contributed by atoms with E-state index in [4.69, 9.17) is 0 Å². The van der Waals surface area contributed by atoms with Crippen molar-refractivity contribution in [2.45, 2.75) is 31.7 Å². The van der Waals surface area contributed by atoms with Gasteiger partial charge in [0.2, 0.25) is 0 Å². The summed E-state index contributed by atoms with van der Waals surface area (Å²) in [7, 11) is 0. The molecule has 1 aromatic rings. The third-order valence-electron chi connectivity index (χ3n) is 3.08. The number of hydrogen-bond donors (Lipinski definition) is 2. The third kappa shape index (κ3) is 2.95. The molecular formula is C13H18FNO. The molecular weight excluding hydrogens is 205 g/mol. The zero-order chi connectivity index (χ0) is 11.6. The molecule has 0 amide bonds. The molecule has 1 saturated carbocycles. The molecule has 0 aromatic heterocycles. The monoisotopic (exact) mass is 223 g/mol. The molecule has 0 spiro atoms. The minimum absolute atomic E-state index is 0.0981. The fourth-order valence-corrected chi connectivity index (χ4v) is 2.00. The van der Waals surface area contributed by atoms with E-state index < -0.39 is 0 Å². The summed E-state index contributed by atoms with van der Waals surface area (Å²) < 4.78 is 12.7. The predicted molar refractivity (Wildman–Crippen MR) is 62.9 cm³/mol. The average molecular weight is 223 g/mol. The number of nitrogens with one attached hydrogen (secondary N) is 1. The zero-order valence-electron chi connectivity index (χ0n) is 9.54. The van der Waals surface area contributed by atoms with Crippen LogP contribution in [0.4, 0.5) is 10.1 Å². The van der Waals surface area contributed by atoms with Crippen molar-refractivity contribution in [2.75, 3.05) is 11.9 Å². The van der Waals surface area contributed by atoms with Crippen LogP contribution in [0.5, 0.6) is 0 Å². The highest BCUT2D eigenvalue weighted by atomic mass is 19.1. The summed E-state index contributed by atoms with van der Waals surface area (Å²) in [5, 5.41) is 12.7. The van der Waals surface area contributed by atoms with Crippen LogP contribution in [0, 0.1) is 11.7 Å². The van der Waals surface area contributed by atoms with Crippen LogP contribution in [0.15, 0.2) is 24.3 Å². The van der Waals surface area contributed by atoms with E-state index in [0.29, 0.717) is 0 Å². The molecule has 0 heterocycles. The Bertz CT molecular complexity index is 347. The van der Waals surface area contributed by atoms with Crippen molar-refractivity contribution >= 4 is 5.69 Å². The van der Waals surface area contributed by atoms with Crippen LogP contribution < -0.4 is 5.32 Å². The Morgan fingerprint density at radius 2 is 2.00 bits per heavy atom. The van der Waals surface area contributed by atoms with Gasteiger partial charge >= 0.3 is 0 Å². The Morgan fingerprint density at radius 3 is 2.50 bits per heavy atom. The van der Waals surface area contributed by atoms with Gasteiger partial charge in [-0.1, -0.05) is 12.8 Å². The summed E-state index contributed by atoms with van der Waals surface area (Å²) in [5.74, 6) is 0.503. The molecule has 3 heteroatoms. The molecule has 16 heavy (non-hydrogen) atoms. The fourth-order valence-electron chi connectivity index (χ4n) is 2.00. The number of benzene rings is 1. The minimum Gasteiger partial charge on any atom is -0.394 e. The molecule has 88 valence electrons. The van der Waals surface area contributed by atoms with Gasteiger partial charge in [-0.2, -0.15) is 0 Å². The fraction of sp³-hybridized carbons (Fsp3) is 0.538. The zero-order valence-corrected chi connectivity index (χ0v) is 9.54. The summed E-state index contributed by atoms with van der Waals surface area (Å²) in [4.78, 5) is 0. The Morgan fingerprint density at radius 1 is 1.38 bits per heavy atom. The third-order valence-corrected chi connectivity index (χ3v) is 3.08. The average Bonchev–Trinajstić information content (AvgIpc) is 3.05. The van der Waals surface area contributed by atoms with Gasteiger partial charge in [0.1, 0.15) is 5.82 Å². The Hall–Kier alpha value is -1.09. The van der Waals surface area contributed by atoms with Crippen LogP contribution in [-0.4, -0.2) is 17.3 Å². The van der Waals surface area contributed by atoms with Crippen molar-refractivity contribution in [1.29, 1.82) is 0 Å². The first-order valence-corrected chi connectivity index (χ1v) is 5.76. The highest BCUT2D eigenvalue weighted by Crippen LogP contribution is 2.37. The van der Waals surface area contributed by atoms with Crippen molar-refractivity contribution in [3.8, 4) is 0 Å². The largest absolute Gasteiger partial charge is 0.394 e. The van der Waals surface area contributed by atoms with E-state index in [2.05, 4.69) is 5.32 Å². The molecule has 1 aromatic carbocycles. The maximum absolute atomic E-state index is 12.7. The Balaban J connectivity index is 2.01. The highest BCUT2D eigenvalue weighted by molar-refractivity contribution is 5.45. The van der Waals surface area contributed by atoms with Gasteiger partial charge in [-0.05, 0) is 43.5 Å². The van der Waals surface area contributed by atoms with Crippen molar-refractivity contribution in [3.05, 3.63) is 30.1 Å². The minimum atomic E-state index is -0.293. The van der Waals surface area contributed by atoms with Gasteiger partial charge in [0.15, 0.2) is 0 Å². The molecule has 1 atom stereocenters. The van der Waals surface area contributed by atoms with Crippen LogP contribution >= 0.6 is 0 Å². The number of aliphatic hydroxyl groups is 1. The van der Waals surface area contributed by atoms with Crippen molar-refractivity contribution < 1.29 is 9.50 Å².